The van der Waals surface area contributed by atoms with Crippen LogP contribution in [0, 0.1) is 6.92 Å². The lowest BCUT2D eigenvalue weighted by molar-refractivity contribution is 0.509. The normalized spacial score (nSPS) is 12.3. The SMILES string of the molecule is C=CCn1c(SC(C)c2nnc(-c3cccs3)o2)nc2scc(-c3ccc(C)cc3)c2c1=O. The first-order chi connectivity index (χ1) is 16.0. The third-order valence-corrected chi connectivity index (χ3v) is 7.94. The highest BCUT2D eigenvalue weighted by atomic mass is 32.2. The van der Waals surface area contributed by atoms with Crippen LogP contribution in [0.4, 0.5) is 0 Å². The van der Waals surface area contributed by atoms with Gasteiger partial charge in [-0.25, -0.2) is 4.98 Å². The molecular formula is C24H20N4O2S3. The molecule has 0 bridgehead atoms. The molecule has 0 aliphatic heterocycles. The largest absolute Gasteiger partial charge is 0.419 e. The number of aryl methyl sites for hydroxylation is 1. The van der Waals surface area contributed by atoms with Crippen LogP contribution in [0.5, 0.6) is 0 Å². The van der Waals surface area contributed by atoms with Crippen LogP contribution < -0.4 is 5.56 Å². The average molecular weight is 493 g/mol. The van der Waals surface area contributed by atoms with E-state index in [4.69, 9.17) is 9.40 Å². The van der Waals surface area contributed by atoms with Crippen LogP contribution in [0.25, 0.3) is 32.1 Å². The van der Waals surface area contributed by atoms with Gasteiger partial charge in [0.05, 0.1) is 15.5 Å². The summed E-state index contributed by atoms with van der Waals surface area (Å²) in [7, 11) is 0. The topological polar surface area (TPSA) is 73.8 Å². The van der Waals surface area contributed by atoms with Gasteiger partial charge < -0.3 is 4.42 Å². The predicted octanol–water partition coefficient (Wildman–Crippen LogP) is 6.58. The fourth-order valence-corrected chi connectivity index (χ4v) is 6.02. The molecule has 0 aliphatic carbocycles. The van der Waals surface area contributed by atoms with Gasteiger partial charge in [-0.2, -0.15) is 0 Å². The fraction of sp³-hybridized carbons (Fsp3) is 0.167. The molecule has 9 heteroatoms. The number of hydrogen-bond donors (Lipinski definition) is 0. The Kier molecular flexibility index (Phi) is 6.01. The van der Waals surface area contributed by atoms with E-state index in [0.29, 0.717) is 28.9 Å². The van der Waals surface area contributed by atoms with Crippen LogP contribution >= 0.6 is 34.4 Å². The summed E-state index contributed by atoms with van der Waals surface area (Å²) in [6.45, 7) is 8.21. The lowest BCUT2D eigenvalue weighted by Crippen LogP contribution is -2.22. The summed E-state index contributed by atoms with van der Waals surface area (Å²) in [5.74, 6) is 0.995. The van der Waals surface area contributed by atoms with E-state index in [1.165, 1.54) is 28.7 Å². The van der Waals surface area contributed by atoms with Gasteiger partial charge in [-0.1, -0.05) is 53.7 Å². The van der Waals surface area contributed by atoms with Crippen molar-refractivity contribution < 1.29 is 4.42 Å². The zero-order valence-electron chi connectivity index (χ0n) is 18.0. The monoisotopic (exact) mass is 492 g/mol. The molecule has 4 aromatic heterocycles. The molecule has 0 saturated heterocycles. The molecule has 33 heavy (non-hydrogen) atoms. The number of fused-ring (bicyclic) bond motifs is 1. The second kappa shape index (κ2) is 9.09. The molecule has 0 aliphatic rings. The Morgan fingerprint density at radius 1 is 1.21 bits per heavy atom. The van der Waals surface area contributed by atoms with Crippen LogP contribution in [0.3, 0.4) is 0 Å². The fourth-order valence-electron chi connectivity index (χ4n) is 3.44. The van der Waals surface area contributed by atoms with Gasteiger partial charge in [-0.3, -0.25) is 9.36 Å². The molecule has 0 fully saturated rings. The number of nitrogens with zero attached hydrogens (tertiary/aromatic N) is 4. The number of rotatable bonds is 7. The van der Waals surface area contributed by atoms with Crippen molar-refractivity contribution in [2.24, 2.45) is 0 Å². The molecule has 4 heterocycles. The first kappa shape index (κ1) is 21.8. The highest BCUT2D eigenvalue weighted by Crippen LogP contribution is 2.37. The third-order valence-electron chi connectivity index (χ3n) is 5.14. The molecule has 1 aromatic carbocycles. The van der Waals surface area contributed by atoms with Gasteiger partial charge in [-0.05, 0) is 30.9 Å². The molecule has 0 saturated carbocycles. The number of thiophene rings is 2. The smallest absolute Gasteiger partial charge is 0.263 e. The summed E-state index contributed by atoms with van der Waals surface area (Å²) in [6, 6.07) is 12.1. The summed E-state index contributed by atoms with van der Waals surface area (Å²) in [4.78, 5) is 20.1. The Bertz CT molecular complexity index is 1480. The number of aromatic nitrogens is 4. The van der Waals surface area contributed by atoms with Crippen LogP contribution in [0.2, 0.25) is 0 Å². The highest BCUT2D eigenvalue weighted by Gasteiger charge is 2.22. The Hall–Kier alpha value is -3.01. The maximum atomic E-state index is 13.6. The van der Waals surface area contributed by atoms with Crippen molar-refractivity contribution in [3.05, 3.63) is 81.6 Å². The predicted molar refractivity (Wildman–Crippen MR) is 136 cm³/mol. The van der Waals surface area contributed by atoms with Crippen molar-refractivity contribution in [2.75, 3.05) is 0 Å². The molecule has 0 spiro atoms. The van der Waals surface area contributed by atoms with E-state index in [2.05, 4.69) is 28.9 Å². The van der Waals surface area contributed by atoms with Gasteiger partial charge in [0.15, 0.2) is 5.16 Å². The highest BCUT2D eigenvalue weighted by molar-refractivity contribution is 7.99. The molecule has 0 radical (unpaired) electrons. The van der Waals surface area contributed by atoms with Crippen molar-refractivity contribution in [3.8, 4) is 21.9 Å². The Morgan fingerprint density at radius 3 is 2.76 bits per heavy atom. The van der Waals surface area contributed by atoms with Gasteiger partial charge in [0.25, 0.3) is 11.4 Å². The second-order valence-corrected chi connectivity index (χ2v) is 10.6. The zero-order valence-corrected chi connectivity index (χ0v) is 20.5. The summed E-state index contributed by atoms with van der Waals surface area (Å²) in [6.07, 6.45) is 1.71. The van der Waals surface area contributed by atoms with Gasteiger partial charge in [0.1, 0.15) is 4.83 Å². The Balaban J connectivity index is 1.53. The van der Waals surface area contributed by atoms with E-state index in [9.17, 15) is 4.79 Å². The second-order valence-electron chi connectivity index (χ2n) is 7.48. The van der Waals surface area contributed by atoms with Crippen LogP contribution in [0.15, 0.2) is 74.2 Å². The van der Waals surface area contributed by atoms with Gasteiger partial charge in [-0.15, -0.1) is 39.4 Å². The summed E-state index contributed by atoms with van der Waals surface area (Å²) in [5, 5.41) is 13.4. The molecular weight excluding hydrogens is 472 g/mol. The maximum absolute atomic E-state index is 13.6. The minimum absolute atomic E-state index is 0.0729. The number of benzene rings is 1. The van der Waals surface area contributed by atoms with E-state index in [-0.39, 0.29) is 10.8 Å². The lowest BCUT2D eigenvalue weighted by Gasteiger charge is -2.13. The number of allylic oxidation sites excluding steroid dienone is 1. The molecule has 166 valence electrons. The maximum Gasteiger partial charge on any atom is 0.263 e. The minimum Gasteiger partial charge on any atom is -0.419 e. The van der Waals surface area contributed by atoms with E-state index >= 15 is 0 Å². The average Bonchev–Trinajstić information content (AvgIpc) is 3.57. The van der Waals surface area contributed by atoms with Crippen molar-refractivity contribution in [3.63, 3.8) is 0 Å². The van der Waals surface area contributed by atoms with Crippen LogP contribution in [-0.4, -0.2) is 19.7 Å². The summed E-state index contributed by atoms with van der Waals surface area (Å²) < 4.78 is 7.55. The van der Waals surface area contributed by atoms with E-state index < -0.39 is 0 Å². The van der Waals surface area contributed by atoms with Crippen molar-refractivity contribution in [1.29, 1.82) is 0 Å². The quantitative estimate of drug-likeness (QED) is 0.145. The molecule has 5 aromatic rings. The molecule has 1 atom stereocenters. The van der Waals surface area contributed by atoms with E-state index in [1.807, 2.05) is 48.9 Å². The molecule has 1 unspecified atom stereocenters. The first-order valence-corrected chi connectivity index (χ1v) is 12.9. The molecule has 5 rings (SSSR count). The Morgan fingerprint density at radius 2 is 2.03 bits per heavy atom. The first-order valence-electron chi connectivity index (χ1n) is 10.3. The van der Waals surface area contributed by atoms with E-state index in [0.717, 1.165) is 20.8 Å². The van der Waals surface area contributed by atoms with Gasteiger partial charge in [0.2, 0.25) is 5.89 Å². The number of thioether (sulfide) groups is 1. The lowest BCUT2D eigenvalue weighted by atomic mass is 10.1. The van der Waals surface area contributed by atoms with Crippen molar-refractivity contribution >= 4 is 44.7 Å². The molecule has 0 amide bonds. The standard InChI is InChI=1S/C24H20N4O2S3/c1-4-11-28-23(29)19-17(16-9-7-14(2)8-10-16)13-32-22(19)25-24(28)33-15(3)20-26-27-21(30-20)18-6-5-12-31-18/h4-10,12-13,15H,1,11H2,2-3H3. The molecule has 6 nitrogen and oxygen atoms in total. The zero-order chi connectivity index (χ0) is 22.9. The minimum atomic E-state index is -0.178. The number of hydrogen-bond acceptors (Lipinski definition) is 8. The summed E-state index contributed by atoms with van der Waals surface area (Å²) in [5.41, 5.74) is 3.02. The van der Waals surface area contributed by atoms with E-state index in [1.54, 1.807) is 22.0 Å². The van der Waals surface area contributed by atoms with Crippen LogP contribution in [0.1, 0.15) is 23.6 Å². The van der Waals surface area contributed by atoms with Gasteiger partial charge >= 0.3 is 0 Å². The third kappa shape index (κ3) is 4.19. The summed E-state index contributed by atoms with van der Waals surface area (Å²) >= 11 is 4.46. The van der Waals surface area contributed by atoms with Crippen molar-refractivity contribution in [2.45, 2.75) is 30.8 Å². The molecule has 0 N–H and O–H groups in total. The van der Waals surface area contributed by atoms with Crippen molar-refractivity contribution in [1.82, 2.24) is 19.7 Å². The van der Waals surface area contributed by atoms with Crippen LogP contribution in [-0.2, 0) is 6.54 Å². The van der Waals surface area contributed by atoms with Gasteiger partial charge in [0, 0.05) is 17.5 Å². The Labute approximate surface area is 202 Å².